The first kappa shape index (κ1) is 9.04. The van der Waals surface area contributed by atoms with Gasteiger partial charge < -0.3 is 5.11 Å². The predicted octanol–water partition coefficient (Wildman–Crippen LogP) is 2.71. The third-order valence-electron chi connectivity index (χ3n) is 1.48. The average molecular weight is 191 g/mol. The summed E-state index contributed by atoms with van der Waals surface area (Å²) in [6, 6.07) is 1.89. The summed E-state index contributed by atoms with van der Waals surface area (Å²) in [4.78, 5) is 1.17. The zero-order chi connectivity index (χ0) is 8.27. The lowest BCUT2D eigenvalue weighted by Crippen LogP contribution is -2.00. The van der Waals surface area contributed by atoms with Gasteiger partial charge in [-0.3, -0.25) is 0 Å². The quantitative estimate of drug-likeness (QED) is 0.777. The van der Waals surface area contributed by atoms with Gasteiger partial charge in [-0.2, -0.15) is 0 Å². The monoisotopic (exact) mass is 190 g/mol. The maximum absolute atomic E-state index is 9.00. The zero-order valence-electron chi connectivity index (χ0n) is 6.38. The molecule has 0 amide bonds. The topological polar surface area (TPSA) is 20.2 Å². The van der Waals surface area contributed by atoms with Crippen LogP contribution in [0.3, 0.4) is 0 Å². The van der Waals surface area contributed by atoms with Gasteiger partial charge in [0.15, 0.2) is 0 Å². The molecule has 0 aliphatic rings. The standard InChI is InChI=1S/C8H11ClOS/c1-6(10)2-3-8-7(9)4-5-11-8/h4-6,10H,2-3H2,1H3/t6-/m1/s1. The predicted molar refractivity (Wildman–Crippen MR) is 49.3 cm³/mol. The maximum atomic E-state index is 9.00. The molecule has 1 N–H and O–H groups in total. The summed E-state index contributed by atoms with van der Waals surface area (Å²) < 4.78 is 0. The summed E-state index contributed by atoms with van der Waals surface area (Å²) in [5, 5.41) is 11.8. The average Bonchev–Trinajstić information content (AvgIpc) is 2.31. The number of thiophene rings is 1. The van der Waals surface area contributed by atoms with Crippen molar-refractivity contribution in [1.82, 2.24) is 0 Å². The van der Waals surface area contributed by atoms with Crippen molar-refractivity contribution < 1.29 is 5.11 Å². The van der Waals surface area contributed by atoms with Crippen molar-refractivity contribution in [2.24, 2.45) is 0 Å². The number of hydrogen-bond acceptors (Lipinski definition) is 2. The summed E-state index contributed by atoms with van der Waals surface area (Å²) in [5.74, 6) is 0. The van der Waals surface area contributed by atoms with Gasteiger partial charge in [-0.15, -0.1) is 11.3 Å². The summed E-state index contributed by atoms with van der Waals surface area (Å²) >= 11 is 7.50. The Hall–Kier alpha value is -0.0500. The van der Waals surface area contributed by atoms with Crippen LogP contribution in [-0.4, -0.2) is 11.2 Å². The molecular weight excluding hydrogens is 180 g/mol. The molecule has 1 heterocycles. The molecule has 3 heteroatoms. The van der Waals surface area contributed by atoms with Crippen molar-refractivity contribution in [1.29, 1.82) is 0 Å². The molecule has 1 aromatic heterocycles. The first-order chi connectivity index (χ1) is 5.20. The lowest BCUT2D eigenvalue weighted by molar-refractivity contribution is 0.185. The molecule has 0 aromatic carbocycles. The van der Waals surface area contributed by atoms with Gasteiger partial charge in [0.2, 0.25) is 0 Å². The van der Waals surface area contributed by atoms with Gasteiger partial charge in [0, 0.05) is 4.88 Å². The number of rotatable bonds is 3. The van der Waals surface area contributed by atoms with Crippen LogP contribution in [-0.2, 0) is 6.42 Å². The van der Waals surface area contributed by atoms with Crippen LogP contribution in [0.25, 0.3) is 0 Å². The molecule has 1 nitrogen and oxygen atoms in total. The van der Waals surface area contributed by atoms with Crippen LogP contribution < -0.4 is 0 Å². The molecule has 1 aromatic rings. The number of aliphatic hydroxyl groups is 1. The van der Waals surface area contributed by atoms with E-state index in [-0.39, 0.29) is 6.10 Å². The third-order valence-corrected chi connectivity index (χ3v) is 2.93. The van der Waals surface area contributed by atoms with E-state index in [9.17, 15) is 0 Å². The largest absolute Gasteiger partial charge is 0.393 e. The fourth-order valence-corrected chi connectivity index (χ4v) is 1.99. The molecule has 0 aliphatic carbocycles. The van der Waals surface area contributed by atoms with Crippen molar-refractivity contribution in [3.8, 4) is 0 Å². The summed E-state index contributed by atoms with van der Waals surface area (Å²) in [6.45, 7) is 1.79. The van der Waals surface area contributed by atoms with E-state index in [1.54, 1.807) is 18.3 Å². The van der Waals surface area contributed by atoms with Gasteiger partial charge in [-0.1, -0.05) is 11.6 Å². The van der Waals surface area contributed by atoms with E-state index >= 15 is 0 Å². The van der Waals surface area contributed by atoms with Gasteiger partial charge in [0.1, 0.15) is 0 Å². The summed E-state index contributed by atoms with van der Waals surface area (Å²) in [5.41, 5.74) is 0. The number of halogens is 1. The minimum absolute atomic E-state index is 0.229. The molecule has 1 rings (SSSR count). The van der Waals surface area contributed by atoms with Gasteiger partial charge in [0.25, 0.3) is 0 Å². The van der Waals surface area contributed by atoms with E-state index in [0.717, 1.165) is 17.9 Å². The molecule has 0 bridgehead atoms. The Labute approximate surface area is 75.6 Å². The Balaban J connectivity index is 2.44. The number of aliphatic hydroxyl groups excluding tert-OH is 1. The van der Waals surface area contributed by atoms with E-state index in [4.69, 9.17) is 16.7 Å². The minimum atomic E-state index is -0.229. The first-order valence-electron chi connectivity index (χ1n) is 3.60. The Morgan fingerprint density at radius 3 is 2.91 bits per heavy atom. The maximum Gasteiger partial charge on any atom is 0.0545 e. The zero-order valence-corrected chi connectivity index (χ0v) is 7.95. The Morgan fingerprint density at radius 2 is 2.45 bits per heavy atom. The molecule has 0 radical (unpaired) electrons. The lowest BCUT2D eigenvalue weighted by Gasteiger charge is -2.01. The molecule has 0 aliphatic heterocycles. The fraction of sp³-hybridized carbons (Fsp3) is 0.500. The van der Waals surface area contributed by atoms with Gasteiger partial charge in [-0.25, -0.2) is 0 Å². The highest BCUT2D eigenvalue weighted by molar-refractivity contribution is 7.10. The van der Waals surface area contributed by atoms with Crippen molar-refractivity contribution in [2.45, 2.75) is 25.9 Å². The summed E-state index contributed by atoms with van der Waals surface area (Å²) in [7, 11) is 0. The van der Waals surface area contributed by atoms with Crippen LogP contribution in [0.15, 0.2) is 11.4 Å². The number of aryl methyl sites for hydroxylation is 1. The Bertz CT molecular complexity index is 220. The van der Waals surface area contributed by atoms with Gasteiger partial charge in [0.05, 0.1) is 11.1 Å². The molecule has 0 saturated heterocycles. The van der Waals surface area contributed by atoms with Gasteiger partial charge in [-0.05, 0) is 31.2 Å². The highest BCUT2D eigenvalue weighted by Gasteiger charge is 2.02. The van der Waals surface area contributed by atoms with Crippen molar-refractivity contribution in [3.63, 3.8) is 0 Å². The molecule has 62 valence electrons. The molecule has 0 saturated carbocycles. The van der Waals surface area contributed by atoms with Crippen LogP contribution in [0, 0.1) is 0 Å². The van der Waals surface area contributed by atoms with E-state index in [1.165, 1.54) is 4.88 Å². The second-order valence-electron chi connectivity index (χ2n) is 2.58. The lowest BCUT2D eigenvalue weighted by atomic mass is 10.2. The van der Waals surface area contributed by atoms with Crippen LogP contribution in [0.2, 0.25) is 5.02 Å². The number of hydrogen-bond donors (Lipinski definition) is 1. The first-order valence-corrected chi connectivity index (χ1v) is 4.86. The Morgan fingerprint density at radius 1 is 1.73 bits per heavy atom. The van der Waals surface area contributed by atoms with Crippen molar-refractivity contribution >= 4 is 22.9 Å². The second kappa shape index (κ2) is 4.10. The highest BCUT2D eigenvalue weighted by atomic mass is 35.5. The Kier molecular flexibility index (Phi) is 3.37. The molecule has 0 fully saturated rings. The minimum Gasteiger partial charge on any atom is -0.393 e. The highest BCUT2D eigenvalue weighted by Crippen LogP contribution is 2.23. The summed E-state index contributed by atoms with van der Waals surface area (Å²) in [6.07, 6.45) is 1.45. The van der Waals surface area contributed by atoms with Gasteiger partial charge >= 0.3 is 0 Å². The van der Waals surface area contributed by atoms with E-state index in [1.807, 2.05) is 11.4 Å². The molecule has 0 spiro atoms. The van der Waals surface area contributed by atoms with Crippen molar-refractivity contribution in [3.05, 3.63) is 21.3 Å². The molecule has 0 unspecified atom stereocenters. The normalized spacial score (nSPS) is 13.4. The van der Waals surface area contributed by atoms with Crippen LogP contribution in [0.1, 0.15) is 18.2 Å². The molecule has 1 atom stereocenters. The van der Waals surface area contributed by atoms with Crippen molar-refractivity contribution in [2.75, 3.05) is 0 Å². The van der Waals surface area contributed by atoms with Crippen LogP contribution in [0.4, 0.5) is 0 Å². The van der Waals surface area contributed by atoms with E-state index < -0.39 is 0 Å². The second-order valence-corrected chi connectivity index (χ2v) is 3.99. The van der Waals surface area contributed by atoms with Crippen LogP contribution >= 0.6 is 22.9 Å². The van der Waals surface area contributed by atoms with Crippen LogP contribution in [0.5, 0.6) is 0 Å². The molecule has 11 heavy (non-hydrogen) atoms. The van der Waals surface area contributed by atoms with E-state index in [0.29, 0.717) is 0 Å². The van der Waals surface area contributed by atoms with E-state index in [2.05, 4.69) is 0 Å². The third kappa shape index (κ3) is 2.81. The molecular formula is C8H11ClOS. The fourth-order valence-electron chi connectivity index (χ4n) is 0.843. The SMILES string of the molecule is C[C@@H](O)CCc1sccc1Cl. The smallest absolute Gasteiger partial charge is 0.0545 e.